The minimum Gasteiger partial charge on any atom is -0.406 e. The highest BCUT2D eigenvalue weighted by molar-refractivity contribution is 5.94. The number of para-hydroxylation sites is 2. The fourth-order valence-electron chi connectivity index (χ4n) is 2.07. The van der Waals surface area contributed by atoms with Crippen molar-refractivity contribution in [2.24, 2.45) is 0 Å². The SMILES string of the molecule is O=C(NCCNc1ccccc1[N+](=O)[O-])c1ccc(OC(F)(F)F)cc1. The minimum atomic E-state index is -4.80. The average Bonchev–Trinajstić information content (AvgIpc) is 2.58. The number of nitrogens with one attached hydrogen (secondary N) is 2. The Morgan fingerprint density at radius 1 is 1.08 bits per heavy atom. The van der Waals surface area contributed by atoms with Crippen LogP contribution in [0.4, 0.5) is 24.5 Å². The van der Waals surface area contributed by atoms with Gasteiger partial charge in [-0.3, -0.25) is 14.9 Å². The Kier molecular flexibility index (Phi) is 5.99. The van der Waals surface area contributed by atoms with Gasteiger partial charge in [-0.05, 0) is 30.3 Å². The molecule has 2 aromatic carbocycles. The van der Waals surface area contributed by atoms with E-state index < -0.39 is 22.9 Å². The summed E-state index contributed by atoms with van der Waals surface area (Å²) in [6.45, 7) is 0.386. The molecule has 2 aromatic rings. The molecule has 10 heteroatoms. The van der Waals surface area contributed by atoms with E-state index >= 15 is 0 Å². The van der Waals surface area contributed by atoms with Crippen LogP contribution in [-0.4, -0.2) is 30.3 Å². The molecule has 7 nitrogen and oxygen atoms in total. The number of nitrogens with zero attached hydrogens (tertiary/aromatic N) is 1. The smallest absolute Gasteiger partial charge is 0.406 e. The summed E-state index contributed by atoms with van der Waals surface area (Å²) in [5.74, 6) is -0.917. The van der Waals surface area contributed by atoms with Crippen molar-refractivity contribution in [3.63, 3.8) is 0 Å². The Morgan fingerprint density at radius 2 is 1.73 bits per heavy atom. The van der Waals surface area contributed by atoms with Gasteiger partial charge in [0.25, 0.3) is 11.6 Å². The Hall–Kier alpha value is -3.30. The second kappa shape index (κ2) is 8.19. The number of alkyl halides is 3. The maximum atomic E-state index is 12.1. The summed E-state index contributed by atoms with van der Waals surface area (Å²) < 4.78 is 39.9. The summed E-state index contributed by atoms with van der Waals surface area (Å²) in [5, 5.41) is 16.3. The molecule has 1 amide bonds. The highest BCUT2D eigenvalue weighted by Gasteiger charge is 2.31. The van der Waals surface area contributed by atoms with E-state index in [4.69, 9.17) is 0 Å². The fraction of sp³-hybridized carbons (Fsp3) is 0.188. The lowest BCUT2D eigenvalue weighted by Gasteiger charge is -2.10. The van der Waals surface area contributed by atoms with Crippen LogP contribution in [0.25, 0.3) is 0 Å². The van der Waals surface area contributed by atoms with E-state index in [1.165, 1.54) is 24.3 Å². The molecule has 26 heavy (non-hydrogen) atoms. The molecule has 138 valence electrons. The van der Waals surface area contributed by atoms with E-state index in [2.05, 4.69) is 15.4 Å². The lowest BCUT2D eigenvalue weighted by atomic mass is 10.2. The second-order valence-corrected chi connectivity index (χ2v) is 5.03. The van der Waals surface area contributed by atoms with Crippen LogP contribution in [0.3, 0.4) is 0 Å². The number of nitro benzene ring substituents is 1. The number of rotatable bonds is 7. The topological polar surface area (TPSA) is 93.5 Å². The summed E-state index contributed by atoms with van der Waals surface area (Å²) in [7, 11) is 0. The summed E-state index contributed by atoms with van der Waals surface area (Å²) >= 11 is 0. The molecule has 0 unspecified atom stereocenters. The molecule has 0 spiro atoms. The van der Waals surface area contributed by atoms with Gasteiger partial charge in [-0.2, -0.15) is 0 Å². The molecular formula is C16H14F3N3O4. The monoisotopic (exact) mass is 369 g/mol. The van der Waals surface area contributed by atoms with Crippen molar-refractivity contribution >= 4 is 17.3 Å². The van der Waals surface area contributed by atoms with Gasteiger partial charge < -0.3 is 15.4 Å². The maximum Gasteiger partial charge on any atom is 0.573 e. The number of carbonyl (C=O) groups is 1. The van der Waals surface area contributed by atoms with Crippen molar-refractivity contribution in [1.82, 2.24) is 5.32 Å². The molecule has 0 heterocycles. The number of hydrogen-bond acceptors (Lipinski definition) is 5. The zero-order chi connectivity index (χ0) is 19.2. The molecule has 2 rings (SSSR count). The van der Waals surface area contributed by atoms with E-state index in [1.807, 2.05) is 0 Å². The van der Waals surface area contributed by atoms with Crippen LogP contribution in [-0.2, 0) is 0 Å². The van der Waals surface area contributed by atoms with Crippen LogP contribution in [0.15, 0.2) is 48.5 Å². The van der Waals surface area contributed by atoms with Crippen molar-refractivity contribution < 1.29 is 27.6 Å². The number of benzene rings is 2. The van der Waals surface area contributed by atoms with Gasteiger partial charge in [0.1, 0.15) is 11.4 Å². The number of halogens is 3. The Bertz CT molecular complexity index is 779. The molecule has 0 saturated heterocycles. The first-order valence-corrected chi connectivity index (χ1v) is 7.37. The van der Waals surface area contributed by atoms with Crippen LogP contribution in [0.5, 0.6) is 5.75 Å². The quantitative estimate of drug-likeness (QED) is 0.444. The van der Waals surface area contributed by atoms with Gasteiger partial charge in [-0.15, -0.1) is 13.2 Å². The van der Waals surface area contributed by atoms with Gasteiger partial charge in [0, 0.05) is 24.7 Å². The summed E-state index contributed by atoms with van der Waals surface area (Å²) in [5.41, 5.74) is 0.393. The minimum absolute atomic E-state index is 0.0842. The first-order chi connectivity index (χ1) is 12.3. The van der Waals surface area contributed by atoms with E-state index in [0.29, 0.717) is 5.69 Å². The molecule has 0 aromatic heterocycles. The third-order valence-corrected chi connectivity index (χ3v) is 3.18. The fourth-order valence-corrected chi connectivity index (χ4v) is 2.07. The average molecular weight is 369 g/mol. The molecule has 0 radical (unpaired) electrons. The van der Waals surface area contributed by atoms with Gasteiger partial charge in [0.15, 0.2) is 0 Å². The molecular weight excluding hydrogens is 355 g/mol. The molecule has 0 aliphatic rings. The molecule has 0 aliphatic carbocycles. The third kappa shape index (κ3) is 5.65. The summed E-state index contributed by atoms with van der Waals surface area (Å²) in [6.07, 6.45) is -4.80. The number of hydrogen-bond donors (Lipinski definition) is 2. The Balaban J connectivity index is 1.83. The summed E-state index contributed by atoms with van der Waals surface area (Å²) in [6, 6.07) is 10.5. The van der Waals surface area contributed by atoms with Gasteiger partial charge in [-0.25, -0.2) is 0 Å². The van der Waals surface area contributed by atoms with Crippen molar-refractivity contribution in [3.8, 4) is 5.75 Å². The van der Waals surface area contributed by atoms with Gasteiger partial charge in [0.05, 0.1) is 4.92 Å². The molecule has 2 N–H and O–H groups in total. The zero-order valence-electron chi connectivity index (χ0n) is 13.2. The first kappa shape index (κ1) is 19.0. The number of nitro groups is 1. The predicted octanol–water partition coefficient (Wildman–Crippen LogP) is 3.34. The van der Waals surface area contributed by atoms with E-state index in [0.717, 1.165) is 12.1 Å². The zero-order valence-corrected chi connectivity index (χ0v) is 13.2. The molecule has 0 bridgehead atoms. The van der Waals surface area contributed by atoms with Crippen molar-refractivity contribution in [2.75, 3.05) is 18.4 Å². The van der Waals surface area contributed by atoms with Crippen LogP contribution in [0.2, 0.25) is 0 Å². The van der Waals surface area contributed by atoms with Crippen molar-refractivity contribution in [2.45, 2.75) is 6.36 Å². The van der Waals surface area contributed by atoms with Crippen LogP contribution in [0, 0.1) is 10.1 Å². The predicted molar refractivity (Wildman–Crippen MR) is 87.0 cm³/mol. The van der Waals surface area contributed by atoms with Crippen molar-refractivity contribution in [3.05, 3.63) is 64.2 Å². The highest BCUT2D eigenvalue weighted by Crippen LogP contribution is 2.23. The van der Waals surface area contributed by atoms with Crippen LogP contribution >= 0.6 is 0 Å². The van der Waals surface area contributed by atoms with E-state index in [1.54, 1.807) is 12.1 Å². The van der Waals surface area contributed by atoms with Gasteiger partial charge in [-0.1, -0.05) is 12.1 Å². The Labute approximate surface area is 145 Å². The second-order valence-electron chi connectivity index (χ2n) is 5.03. The van der Waals surface area contributed by atoms with E-state index in [-0.39, 0.29) is 24.3 Å². The summed E-state index contributed by atoms with van der Waals surface area (Å²) in [4.78, 5) is 22.3. The third-order valence-electron chi connectivity index (χ3n) is 3.18. The lowest BCUT2D eigenvalue weighted by Crippen LogP contribution is -2.28. The highest BCUT2D eigenvalue weighted by atomic mass is 19.4. The normalized spacial score (nSPS) is 10.9. The maximum absolute atomic E-state index is 12.1. The first-order valence-electron chi connectivity index (χ1n) is 7.37. The van der Waals surface area contributed by atoms with Gasteiger partial charge in [0.2, 0.25) is 0 Å². The number of amides is 1. The van der Waals surface area contributed by atoms with Crippen LogP contribution < -0.4 is 15.4 Å². The molecule has 0 saturated carbocycles. The molecule has 0 fully saturated rings. The standard InChI is InChI=1S/C16H14F3N3O4/c17-16(18,19)26-12-7-5-11(6-8-12)15(23)21-10-9-20-13-3-1-2-4-14(13)22(24)25/h1-8,20H,9-10H2,(H,21,23). The van der Waals surface area contributed by atoms with Crippen molar-refractivity contribution in [1.29, 1.82) is 0 Å². The number of anilines is 1. The largest absolute Gasteiger partial charge is 0.573 e. The molecule has 0 aliphatic heterocycles. The number of carbonyl (C=O) groups excluding carboxylic acids is 1. The lowest BCUT2D eigenvalue weighted by molar-refractivity contribution is -0.384. The molecule has 0 atom stereocenters. The Morgan fingerprint density at radius 3 is 2.35 bits per heavy atom. The van der Waals surface area contributed by atoms with E-state index in [9.17, 15) is 28.1 Å². The van der Waals surface area contributed by atoms with Crippen LogP contribution in [0.1, 0.15) is 10.4 Å². The number of ether oxygens (including phenoxy) is 1. The van der Waals surface area contributed by atoms with Gasteiger partial charge >= 0.3 is 6.36 Å².